The third-order valence-electron chi connectivity index (χ3n) is 9.38. The third kappa shape index (κ3) is 4.50. The second kappa shape index (κ2) is 9.64. The molecule has 3 aromatic rings. The molecule has 0 saturated heterocycles. The highest BCUT2D eigenvalue weighted by Gasteiger charge is 2.59. The van der Waals surface area contributed by atoms with E-state index in [1.165, 1.54) is 12.6 Å². The molecular weight excluding hydrogens is 512 g/mol. The topological polar surface area (TPSA) is 126 Å². The van der Waals surface area contributed by atoms with Gasteiger partial charge in [0, 0.05) is 6.42 Å². The van der Waals surface area contributed by atoms with Gasteiger partial charge in [0.1, 0.15) is 12.4 Å². The Morgan fingerprint density at radius 2 is 1.88 bits per heavy atom. The lowest BCUT2D eigenvalue weighted by molar-refractivity contribution is -0.385. The van der Waals surface area contributed by atoms with Crippen molar-refractivity contribution < 1.29 is 19.2 Å². The van der Waals surface area contributed by atoms with Gasteiger partial charge >= 0.3 is 5.69 Å². The van der Waals surface area contributed by atoms with E-state index in [1.54, 1.807) is 20.4 Å². The van der Waals surface area contributed by atoms with Gasteiger partial charge in [-0.05, 0) is 87.3 Å². The van der Waals surface area contributed by atoms with Gasteiger partial charge in [0.2, 0.25) is 5.91 Å². The molecule has 0 radical (unpaired) electrons. The van der Waals surface area contributed by atoms with E-state index in [2.05, 4.69) is 10.4 Å². The zero-order chi connectivity index (χ0) is 28.2. The lowest BCUT2D eigenvalue weighted by atomic mass is 9.46. The van der Waals surface area contributed by atoms with Gasteiger partial charge in [0.25, 0.3) is 0 Å². The average molecular weight is 549 g/mol. The van der Waals surface area contributed by atoms with Gasteiger partial charge in [-0.25, -0.2) is 0 Å². The van der Waals surface area contributed by atoms with E-state index < -0.39 is 0 Å². The van der Waals surface area contributed by atoms with Crippen molar-refractivity contribution in [2.75, 3.05) is 19.5 Å². The normalized spacial score (nSPS) is 26.6. The molecule has 7 rings (SSSR count). The highest BCUT2D eigenvalue weighted by molar-refractivity contribution is 5.92. The minimum absolute atomic E-state index is 0.000382. The third-order valence-corrected chi connectivity index (χ3v) is 9.38. The number of anilines is 1. The number of hydrogen-bond donors (Lipinski definition) is 1. The van der Waals surface area contributed by atoms with Crippen LogP contribution in [0.5, 0.6) is 11.5 Å². The van der Waals surface area contributed by atoms with Crippen LogP contribution >= 0.6 is 0 Å². The molecule has 4 fully saturated rings. The van der Waals surface area contributed by atoms with Gasteiger partial charge in [-0.15, -0.1) is 0 Å². The van der Waals surface area contributed by atoms with Crippen LogP contribution < -0.4 is 14.8 Å². The van der Waals surface area contributed by atoms with Gasteiger partial charge in [0.15, 0.2) is 11.5 Å². The van der Waals surface area contributed by atoms with Crippen molar-refractivity contribution in [3.05, 3.63) is 57.7 Å². The Hall–Kier alpha value is -3.89. The number of methoxy groups -OCH3 is 2. The summed E-state index contributed by atoms with van der Waals surface area (Å²) in [5.74, 6) is 2.37. The van der Waals surface area contributed by atoms with Crippen LogP contribution in [0.25, 0.3) is 0 Å². The molecule has 4 aliphatic rings. The second-order valence-electron chi connectivity index (χ2n) is 12.2. The van der Waals surface area contributed by atoms with E-state index in [9.17, 15) is 14.9 Å². The summed E-state index contributed by atoms with van der Waals surface area (Å²) >= 11 is 0. The van der Waals surface area contributed by atoms with Gasteiger partial charge in [0.05, 0.1) is 48.3 Å². The maximum absolute atomic E-state index is 13.6. The van der Waals surface area contributed by atoms with Gasteiger partial charge in [-0.2, -0.15) is 10.2 Å². The fraction of sp³-hybridized carbons (Fsp3) is 0.552. The number of nitrogens with zero attached hydrogens (tertiary/aromatic N) is 5. The number of aromatic nitrogens is 4. The fourth-order valence-corrected chi connectivity index (χ4v) is 8.25. The van der Waals surface area contributed by atoms with E-state index in [-0.39, 0.29) is 27.5 Å². The summed E-state index contributed by atoms with van der Waals surface area (Å²) < 4.78 is 14.5. The van der Waals surface area contributed by atoms with Crippen LogP contribution in [0.3, 0.4) is 0 Å². The largest absolute Gasteiger partial charge is 0.493 e. The molecule has 1 N–H and O–H groups in total. The molecule has 11 heteroatoms. The maximum Gasteiger partial charge on any atom is 0.307 e. The first-order valence-corrected chi connectivity index (χ1v) is 13.9. The van der Waals surface area contributed by atoms with Crippen molar-refractivity contribution in [1.29, 1.82) is 0 Å². The Morgan fingerprint density at radius 3 is 2.52 bits per heavy atom. The SMILES string of the molecule is COc1ccc(Cn2nc(C)c(NC(=O)CC34CC5CC(C3)CC(n3cc([N+](=O)[O-])cn3)(C5)C4)c2C)cc1OC. The van der Waals surface area contributed by atoms with Crippen molar-refractivity contribution in [1.82, 2.24) is 19.6 Å². The summed E-state index contributed by atoms with van der Waals surface area (Å²) in [7, 11) is 3.23. The predicted molar refractivity (Wildman–Crippen MR) is 148 cm³/mol. The maximum atomic E-state index is 13.6. The smallest absolute Gasteiger partial charge is 0.307 e. The summed E-state index contributed by atoms with van der Waals surface area (Å²) in [6.07, 6.45) is 9.39. The zero-order valence-corrected chi connectivity index (χ0v) is 23.5. The summed E-state index contributed by atoms with van der Waals surface area (Å²) in [6, 6.07) is 5.79. The molecule has 2 heterocycles. The first-order chi connectivity index (χ1) is 19.1. The van der Waals surface area contributed by atoms with E-state index >= 15 is 0 Å². The monoisotopic (exact) mass is 548 g/mol. The van der Waals surface area contributed by atoms with E-state index in [4.69, 9.17) is 14.6 Å². The zero-order valence-electron chi connectivity index (χ0n) is 23.5. The minimum atomic E-state index is -0.386. The van der Waals surface area contributed by atoms with Crippen LogP contribution in [0.15, 0.2) is 30.6 Å². The Kier molecular flexibility index (Phi) is 6.35. The molecule has 4 bridgehead atoms. The Balaban J connectivity index is 1.19. The van der Waals surface area contributed by atoms with Crippen molar-refractivity contribution in [3.63, 3.8) is 0 Å². The number of carbonyl (C=O) groups is 1. The molecule has 4 saturated carbocycles. The number of amides is 1. The molecule has 1 aromatic carbocycles. The van der Waals surface area contributed by atoms with Crippen LogP contribution in [-0.2, 0) is 16.9 Å². The summed E-state index contributed by atoms with van der Waals surface area (Å²) in [6.45, 7) is 4.42. The van der Waals surface area contributed by atoms with Crippen molar-refractivity contribution in [3.8, 4) is 11.5 Å². The Bertz CT molecular complexity index is 1460. The number of aryl methyl sites for hydroxylation is 1. The standard InChI is InChI=1S/C29H36N6O5/c1-18-27(19(2)33(32-18)15-20-5-6-24(39-3)25(8-20)40-4)31-26(36)13-28-9-21-7-22(10-28)12-29(11-21,17-28)34-16-23(14-30-34)35(37)38/h5-6,8,14,16,21-22H,7,9-13,15,17H2,1-4H3,(H,31,36). The van der Waals surface area contributed by atoms with Crippen LogP contribution in [-0.4, -0.2) is 44.6 Å². The van der Waals surface area contributed by atoms with Crippen LogP contribution in [0.2, 0.25) is 0 Å². The van der Waals surface area contributed by atoms with Gasteiger partial charge in [-0.3, -0.25) is 24.3 Å². The lowest BCUT2D eigenvalue weighted by Gasteiger charge is -2.61. The molecule has 0 aliphatic heterocycles. The van der Waals surface area contributed by atoms with Gasteiger partial charge in [-0.1, -0.05) is 6.07 Å². The van der Waals surface area contributed by atoms with Crippen LogP contribution in [0.4, 0.5) is 11.4 Å². The van der Waals surface area contributed by atoms with E-state index in [1.807, 2.05) is 41.4 Å². The molecule has 2 unspecified atom stereocenters. The van der Waals surface area contributed by atoms with Gasteiger partial charge < -0.3 is 14.8 Å². The average Bonchev–Trinajstić information content (AvgIpc) is 3.50. The molecular formula is C29H36N6O5. The fourth-order valence-electron chi connectivity index (χ4n) is 8.25. The molecule has 212 valence electrons. The first-order valence-electron chi connectivity index (χ1n) is 13.9. The summed E-state index contributed by atoms with van der Waals surface area (Å²) in [5.41, 5.74) is 3.11. The number of hydrogen-bond acceptors (Lipinski definition) is 7. The minimum Gasteiger partial charge on any atom is -0.493 e. The van der Waals surface area contributed by atoms with Crippen LogP contribution in [0, 0.1) is 41.2 Å². The van der Waals surface area contributed by atoms with Crippen LogP contribution in [0.1, 0.15) is 61.9 Å². The number of ether oxygens (including phenoxy) is 2. The van der Waals surface area contributed by atoms with Crippen molar-refractivity contribution in [2.45, 2.75) is 70.9 Å². The quantitative estimate of drug-likeness (QED) is 0.295. The number of carbonyl (C=O) groups excluding carboxylic acids is 1. The molecule has 2 aromatic heterocycles. The number of benzene rings is 1. The molecule has 2 atom stereocenters. The Morgan fingerprint density at radius 1 is 1.15 bits per heavy atom. The number of rotatable bonds is 9. The van der Waals surface area contributed by atoms with E-state index in [0.717, 1.165) is 54.7 Å². The lowest BCUT2D eigenvalue weighted by Crippen LogP contribution is -2.57. The summed E-state index contributed by atoms with van der Waals surface area (Å²) in [5, 5.41) is 23.7. The number of nitro groups is 1. The van der Waals surface area contributed by atoms with E-state index in [0.29, 0.717) is 36.3 Å². The molecule has 40 heavy (non-hydrogen) atoms. The first kappa shape index (κ1) is 26.3. The molecule has 1 amide bonds. The number of nitrogens with one attached hydrogen (secondary N) is 1. The Labute approximate surface area is 233 Å². The second-order valence-corrected chi connectivity index (χ2v) is 12.2. The highest BCUT2D eigenvalue weighted by Crippen LogP contribution is 2.65. The van der Waals surface area contributed by atoms with Crippen molar-refractivity contribution in [2.24, 2.45) is 17.3 Å². The molecule has 0 spiro atoms. The summed E-state index contributed by atoms with van der Waals surface area (Å²) in [4.78, 5) is 24.5. The predicted octanol–water partition coefficient (Wildman–Crippen LogP) is 4.99. The molecule has 11 nitrogen and oxygen atoms in total. The highest BCUT2D eigenvalue weighted by atomic mass is 16.6. The molecule has 4 aliphatic carbocycles. The van der Waals surface area contributed by atoms with Crippen molar-refractivity contribution >= 4 is 17.3 Å².